The van der Waals surface area contributed by atoms with Crippen molar-refractivity contribution < 1.29 is 4.90 Å². The number of benzene rings is 1. The van der Waals surface area contributed by atoms with E-state index >= 15 is 0 Å². The van der Waals surface area contributed by atoms with Gasteiger partial charge >= 0.3 is 0 Å². The summed E-state index contributed by atoms with van der Waals surface area (Å²) in [7, 11) is 4.28. The van der Waals surface area contributed by atoms with E-state index in [1.54, 1.807) is 11.3 Å². The molecule has 0 radical (unpaired) electrons. The van der Waals surface area contributed by atoms with Crippen molar-refractivity contribution >= 4 is 32.3 Å². The standard InChI is InChI=1S/C16H18N2OS/c1-17(2)9-5-10-18-14-7-4-3-6-12(14)15-13(16(18)19)8-11-20-15/h3-4,6-8,11H,5,9-10H2,1-2H3/p+1. The van der Waals surface area contributed by atoms with Crippen molar-refractivity contribution in [1.82, 2.24) is 4.57 Å². The minimum Gasteiger partial charge on any atom is -0.340 e. The molecule has 3 rings (SSSR count). The van der Waals surface area contributed by atoms with Crippen LogP contribution in [0.4, 0.5) is 0 Å². The van der Waals surface area contributed by atoms with Crippen LogP contribution in [0.15, 0.2) is 40.5 Å². The summed E-state index contributed by atoms with van der Waals surface area (Å²) in [5.74, 6) is 0. The van der Waals surface area contributed by atoms with Gasteiger partial charge in [-0.15, -0.1) is 11.3 Å². The van der Waals surface area contributed by atoms with Crippen molar-refractivity contribution in [3.05, 3.63) is 46.1 Å². The van der Waals surface area contributed by atoms with Gasteiger partial charge in [-0.2, -0.15) is 0 Å². The molecule has 1 aromatic carbocycles. The molecule has 0 aliphatic heterocycles. The van der Waals surface area contributed by atoms with Gasteiger partial charge in [-0.05, 0) is 17.5 Å². The van der Waals surface area contributed by atoms with Crippen LogP contribution in [-0.4, -0.2) is 25.2 Å². The molecule has 0 amide bonds. The highest BCUT2D eigenvalue weighted by molar-refractivity contribution is 7.18. The monoisotopic (exact) mass is 287 g/mol. The number of fused-ring (bicyclic) bond motifs is 3. The second kappa shape index (κ2) is 5.38. The normalized spacial score (nSPS) is 11.8. The van der Waals surface area contributed by atoms with E-state index in [0.29, 0.717) is 0 Å². The quantitative estimate of drug-likeness (QED) is 0.777. The van der Waals surface area contributed by atoms with Crippen LogP contribution in [-0.2, 0) is 6.54 Å². The number of aryl methyl sites for hydroxylation is 1. The Hall–Kier alpha value is -1.65. The Bertz CT molecular complexity index is 801. The Morgan fingerprint density at radius 3 is 2.75 bits per heavy atom. The average molecular weight is 287 g/mol. The summed E-state index contributed by atoms with van der Waals surface area (Å²) in [6, 6.07) is 10.2. The van der Waals surface area contributed by atoms with Crippen LogP contribution >= 0.6 is 11.3 Å². The first-order chi connectivity index (χ1) is 9.68. The second-order valence-electron chi connectivity index (χ2n) is 5.45. The van der Waals surface area contributed by atoms with Gasteiger partial charge in [-0.1, -0.05) is 18.2 Å². The summed E-state index contributed by atoms with van der Waals surface area (Å²) in [6.07, 6.45) is 1.02. The third-order valence-corrected chi connectivity index (χ3v) is 4.59. The zero-order chi connectivity index (χ0) is 14.1. The zero-order valence-electron chi connectivity index (χ0n) is 11.8. The number of hydrogen-bond donors (Lipinski definition) is 1. The zero-order valence-corrected chi connectivity index (χ0v) is 12.7. The first kappa shape index (κ1) is 13.3. The number of pyridine rings is 1. The lowest BCUT2D eigenvalue weighted by Gasteiger charge is -2.12. The van der Waals surface area contributed by atoms with Crippen molar-refractivity contribution in [2.75, 3.05) is 20.6 Å². The van der Waals surface area contributed by atoms with Gasteiger partial charge in [0.1, 0.15) is 0 Å². The molecule has 2 heterocycles. The fraction of sp³-hybridized carbons (Fsp3) is 0.312. The molecule has 0 fully saturated rings. The van der Waals surface area contributed by atoms with Gasteiger partial charge in [-0.3, -0.25) is 4.79 Å². The van der Waals surface area contributed by atoms with Crippen molar-refractivity contribution in [3.8, 4) is 0 Å². The molecule has 20 heavy (non-hydrogen) atoms. The molecule has 0 unspecified atom stereocenters. The van der Waals surface area contributed by atoms with Crippen molar-refractivity contribution in [3.63, 3.8) is 0 Å². The van der Waals surface area contributed by atoms with Crippen molar-refractivity contribution in [1.29, 1.82) is 0 Å². The summed E-state index contributed by atoms with van der Waals surface area (Å²) in [5.41, 5.74) is 1.20. The van der Waals surface area contributed by atoms with Gasteiger partial charge in [0, 0.05) is 23.1 Å². The number of para-hydroxylation sites is 1. The molecule has 1 N–H and O–H groups in total. The lowest BCUT2D eigenvalue weighted by atomic mass is 10.1. The summed E-state index contributed by atoms with van der Waals surface area (Å²) in [4.78, 5) is 14.1. The lowest BCUT2D eigenvalue weighted by molar-refractivity contribution is -0.858. The molecule has 2 aromatic heterocycles. The van der Waals surface area contributed by atoms with E-state index in [1.165, 1.54) is 10.3 Å². The maximum absolute atomic E-state index is 12.6. The Kier molecular flexibility index (Phi) is 3.59. The van der Waals surface area contributed by atoms with E-state index in [1.807, 2.05) is 28.1 Å². The van der Waals surface area contributed by atoms with Gasteiger partial charge in [0.05, 0.1) is 31.5 Å². The van der Waals surface area contributed by atoms with Crippen LogP contribution in [0.1, 0.15) is 6.42 Å². The molecule has 3 aromatic rings. The van der Waals surface area contributed by atoms with Crippen LogP contribution in [0.3, 0.4) is 0 Å². The second-order valence-corrected chi connectivity index (χ2v) is 6.36. The van der Waals surface area contributed by atoms with Gasteiger partial charge < -0.3 is 9.47 Å². The molecule has 0 spiro atoms. The van der Waals surface area contributed by atoms with E-state index in [2.05, 4.69) is 26.2 Å². The van der Waals surface area contributed by atoms with Crippen molar-refractivity contribution in [2.45, 2.75) is 13.0 Å². The number of rotatable bonds is 4. The number of hydrogen-bond acceptors (Lipinski definition) is 2. The first-order valence-electron chi connectivity index (χ1n) is 6.96. The molecular formula is C16H19N2OS+. The Balaban J connectivity index is 2.17. The van der Waals surface area contributed by atoms with Crippen molar-refractivity contribution in [2.24, 2.45) is 0 Å². The fourth-order valence-corrected chi connectivity index (χ4v) is 3.58. The number of thiophene rings is 1. The van der Waals surface area contributed by atoms with E-state index < -0.39 is 0 Å². The van der Waals surface area contributed by atoms with E-state index in [4.69, 9.17) is 0 Å². The minimum absolute atomic E-state index is 0.147. The predicted molar refractivity (Wildman–Crippen MR) is 85.9 cm³/mol. The molecular weight excluding hydrogens is 268 g/mol. The molecule has 104 valence electrons. The number of nitrogens with one attached hydrogen (secondary N) is 1. The van der Waals surface area contributed by atoms with E-state index in [9.17, 15) is 4.79 Å². The SMILES string of the molecule is C[NH+](C)CCCn1c(=O)c2ccsc2c2ccccc21. The highest BCUT2D eigenvalue weighted by atomic mass is 32.1. The molecule has 0 saturated heterocycles. The number of nitrogens with zero attached hydrogens (tertiary/aromatic N) is 1. The first-order valence-corrected chi connectivity index (χ1v) is 7.84. The molecule has 0 aliphatic rings. The molecule has 0 aliphatic carbocycles. The highest BCUT2D eigenvalue weighted by Crippen LogP contribution is 2.27. The summed E-state index contributed by atoms with van der Waals surface area (Å²) in [5, 5.41) is 4.05. The van der Waals surface area contributed by atoms with Gasteiger partial charge in [-0.25, -0.2) is 0 Å². The van der Waals surface area contributed by atoms with Crippen LogP contribution in [0.25, 0.3) is 21.0 Å². The van der Waals surface area contributed by atoms with E-state index in [0.717, 1.165) is 35.1 Å². The third-order valence-electron chi connectivity index (χ3n) is 3.64. The van der Waals surface area contributed by atoms with Crippen LogP contribution in [0, 0.1) is 0 Å². The van der Waals surface area contributed by atoms with Crippen LogP contribution in [0.5, 0.6) is 0 Å². The molecule has 4 heteroatoms. The largest absolute Gasteiger partial charge is 0.340 e. The summed E-state index contributed by atoms with van der Waals surface area (Å²) >= 11 is 1.65. The average Bonchev–Trinajstić information content (AvgIpc) is 2.92. The van der Waals surface area contributed by atoms with Gasteiger partial charge in [0.15, 0.2) is 0 Å². The fourth-order valence-electron chi connectivity index (χ4n) is 2.65. The lowest BCUT2D eigenvalue weighted by Crippen LogP contribution is -3.05. The molecule has 0 atom stereocenters. The smallest absolute Gasteiger partial charge is 0.259 e. The Morgan fingerprint density at radius 1 is 1.15 bits per heavy atom. The minimum atomic E-state index is 0.147. The molecule has 3 nitrogen and oxygen atoms in total. The number of quaternary nitrogens is 1. The predicted octanol–water partition coefficient (Wildman–Crippen LogP) is 1.75. The Morgan fingerprint density at radius 2 is 1.95 bits per heavy atom. The maximum Gasteiger partial charge on any atom is 0.259 e. The Labute approximate surface area is 122 Å². The van der Waals surface area contributed by atoms with Crippen LogP contribution < -0.4 is 10.5 Å². The number of aromatic nitrogens is 1. The maximum atomic E-state index is 12.6. The van der Waals surface area contributed by atoms with Gasteiger partial charge in [0.2, 0.25) is 0 Å². The topological polar surface area (TPSA) is 26.4 Å². The van der Waals surface area contributed by atoms with Gasteiger partial charge in [0.25, 0.3) is 5.56 Å². The molecule has 0 bridgehead atoms. The highest BCUT2D eigenvalue weighted by Gasteiger charge is 2.11. The third kappa shape index (κ3) is 2.25. The van der Waals surface area contributed by atoms with Crippen LogP contribution in [0.2, 0.25) is 0 Å². The molecule has 0 saturated carbocycles. The van der Waals surface area contributed by atoms with E-state index in [-0.39, 0.29) is 5.56 Å². The summed E-state index contributed by atoms with van der Waals surface area (Å²) < 4.78 is 3.05. The summed E-state index contributed by atoms with van der Waals surface area (Å²) in [6.45, 7) is 1.86.